The molecule has 0 aliphatic carbocycles. The molecule has 0 bridgehead atoms. The van der Waals surface area contributed by atoms with Gasteiger partial charge in [-0.25, -0.2) is 0 Å². The van der Waals surface area contributed by atoms with Gasteiger partial charge in [-0.15, -0.1) is 0 Å². The van der Waals surface area contributed by atoms with E-state index in [9.17, 15) is 28.1 Å². The Hall–Kier alpha value is -3.56. The van der Waals surface area contributed by atoms with E-state index in [-0.39, 0.29) is 10.1 Å². The van der Waals surface area contributed by atoms with Crippen LogP contribution in [0.2, 0.25) is 0 Å². The van der Waals surface area contributed by atoms with E-state index in [0.717, 1.165) is 55.8 Å². The Morgan fingerprint density at radius 3 is 2.43 bits per heavy atom. The number of nitro groups is 1. The summed E-state index contributed by atoms with van der Waals surface area (Å²) in [6.07, 6.45) is -2.07. The van der Waals surface area contributed by atoms with Crippen molar-refractivity contribution >= 4 is 32.2 Å². The van der Waals surface area contributed by atoms with Crippen LogP contribution in [0.4, 0.5) is 24.0 Å². The number of nitrogens with zero attached hydrogens (tertiary/aromatic N) is 5. The molecule has 5 rings (SSSR count). The second-order valence-electron chi connectivity index (χ2n) is 9.68. The number of nitriles is 1. The van der Waals surface area contributed by atoms with Gasteiger partial charge in [0.05, 0.1) is 27.5 Å². The fraction of sp³-hybridized carbons (Fsp3) is 0.400. The normalized spacial score (nSPS) is 17.8. The van der Waals surface area contributed by atoms with Gasteiger partial charge in [-0.3, -0.25) is 19.8 Å². The van der Waals surface area contributed by atoms with Crippen LogP contribution in [-0.4, -0.2) is 41.0 Å². The van der Waals surface area contributed by atoms with E-state index in [1.165, 1.54) is 0 Å². The summed E-state index contributed by atoms with van der Waals surface area (Å²) in [5, 5.41) is 20.4. The molecule has 3 heterocycles. The zero-order chi connectivity index (χ0) is 26.4. The first-order chi connectivity index (χ1) is 17.6. The second-order valence-corrected chi connectivity index (χ2v) is 10.7. The van der Waals surface area contributed by atoms with Gasteiger partial charge in [0.15, 0.2) is 5.13 Å². The number of halogens is 3. The van der Waals surface area contributed by atoms with Gasteiger partial charge in [0.1, 0.15) is 4.70 Å². The van der Waals surface area contributed by atoms with Gasteiger partial charge in [0.25, 0.3) is 11.2 Å². The molecular weight excluding hydrogens is 507 g/mol. The fourth-order valence-corrected chi connectivity index (χ4v) is 6.38. The Balaban J connectivity index is 1.32. The van der Waals surface area contributed by atoms with Crippen molar-refractivity contribution in [1.82, 2.24) is 9.88 Å². The number of rotatable bonds is 4. The quantitative estimate of drug-likeness (QED) is 0.348. The maximum atomic E-state index is 13.2. The molecule has 2 aromatic carbocycles. The molecule has 0 saturated carbocycles. The minimum Gasteiger partial charge on any atom is -0.348 e. The van der Waals surface area contributed by atoms with Crippen LogP contribution in [0.5, 0.6) is 0 Å². The molecule has 8 nitrogen and oxygen atoms in total. The van der Waals surface area contributed by atoms with Crippen molar-refractivity contribution in [3.05, 3.63) is 73.6 Å². The number of nitro benzene ring substituents is 1. The fourth-order valence-electron chi connectivity index (χ4n) is 5.26. The first kappa shape index (κ1) is 25.1. The number of piperidine rings is 1. The van der Waals surface area contributed by atoms with Crippen LogP contribution in [0, 0.1) is 26.9 Å². The number of alkyl halides is 3. The first-order valence-electron chi connectivity index (χ1n) is 11.7. The predicted molar refractivity (Wildman–Crippen MR) is 132 cm³/mol. The van der Waals surface area contributed by atoms with E-state index in [4.69, 9.17) is 5.26 Å². The van der Waals surface area contributed by atoms with Crippen molar-refractivity contribution in [2.45, 2.75) is 32.0 Å². The second kappa shape index (κ2) is 9.39. The van der Waals surface area contributed by atoms with Crippen LogP contribution < -0.4 is 10.5 Å². The van der Waals surface area contributed by atoms with Crippen LogP contribution >= 0.6 is 11.3 Å². The summed E-state index contributed by atoms with van der Waals surface area (Å²) in [6.45, 7) is 3.89. The van der Waals surface area contributed by atoms with E-state index in [0.29, 0.717) is 35.9 Å². The minimum absolute atomic E-state index is 0.0947. The van der Waals surface area contributed by atoms with Gasteiger partial charge in [0.2, 0.25) is 0 Å². The van der Waals surface area contributed by atoms with Crippen LogP contribution in [-0.2, 0) is 12.7 Å². The summed E-state index contributed by atoms with van der Waals surface area (Å²) < 4.78 is 39.6. The van der Waals surface area contributed by atoms with Crippen LogP contribution in [0.25, 0.3) is 10.1 Å². The predicted octanol–water partition coefficient (Wildman–Crippen LogP) is 4.95. The van der Waals surface area contributed by atoms with Gasteiger partial charge >= 0.3 is 6.18 Å². The highest BCUT2D eigenvalue weighted by Crippen LogP contribution is 2.43. The Bertz CT molecular complexity index is 1460. The smallest absolute Gasteiger partial charge is 0.348 e. The molecule has 3 aromatic rings. The average Bonchev–Trinajstić information content (AvgIpc) is 3.25. The number of non-ortho nitro benzene ring substituents is 1. The summed E-state index contributed by atoms with van der Waals surface area (Å²) in [7, 11) is 0. The van der Waals surface area contributed by atoms with Crippen molar-refractivity contribution in [2.24, 2.45) is 5.41 Å². The zero-order valence-corrected chi connectivity index (χ0v) is 20.4. The Labute approximate surface area is 213 Å². The molecule has 192 valence electrons. The van der Waals surface area contributed by atoms with Crippen molar-refractivity contribution in [3.8, 4) is 6.07 Å². The van der Waals surface area contributed by atoms with Gasteiger partial charge < -0.3 is 4.90 Å². The Morgan fingerprint density at radius 1 is 1.14 bits per heavy atom. The van der Waals surface area contributed by atoms with Crippen molar-refractivity contribution in [2.75, 3.05) is 31.1 Å². The van der Waals surface area contributed by atoms with Gasteiger partial charge in [-0.1, -0.05) is 23.5 Å². The third-order valence-corrected chi connectivity index (χ3v) is 8.48. The van der Waals surface area contributed by atoms with Crippen molar-refractivity contribution < 1.29 is 18.1 Å². The largest absolute Gasteiger partial charge is 0.416 e. The standard InChI is InChI=1S/C25H22F3N5O3S/c26-25(27,28)18-11-19-21(20(12-18)33(35)36)37-23(30-22(19)34)32-9-6-24(7-10-32)5-8-31(15-24)14-17-3-1-16(13-29)2-4-17/h1-4,11-12H,5-10,14-15H2. The van der Waals surface area contributed by atoms with E-state index in [1.807, 2.05) is 29.2 Å². The molecule has 1 aromatic heterocycles. The van der Waals surface area contributed by atoms with Gasteiger partial charge in [0, 0.05) is 32.2 Å². The molecule has 2 saturated heterocycles. The lowest BCUT2D eigenvalue weighted by Gasteiger charge is -2.39. The van der Waals surface area contributed by atoms with E-state index in [1.54, 1.807) is 0 Å². The van der Waals surface area contributed by atoms with Crippen LogP contribution in [0.15, 0.2) is 41.2 Å². The zero-order valence-electron chi connectivity index (χ0n) is 19.6. The van der Waals surface area contributed by atoms with E-state index < -0.39 is 33.3 Å². The highest BCUT2D eigenvalue weighted by atomic mass is 32.1. The highest BCUT2D eigenvalue weighted by molar-refractivity contribution is 7.22. The summed E-state index contributed by atoms with van der Waals surface area (Å²) in [5.41, 5.74) is -0.972. The summed E-state index contributed by atoms with van der Waals surface area (Å²) in [6, 6.07) is 10.8. The van der Waals surface area contributed by atoms with Gasteiger partial charge in [-0.05, 0) is 55.0 Å². The van der Waals surface area contributed by atoms with Crippen molar-refractivity contribution in [1.29, 1.82) is 5.26 Å². The molecular formula is C25H22F3N5O3S. The van der Waals surface area contributed by atoms with E-state index >= 15 is 0 Å². The lowest BCUT2D eigenvalue weighted by molar-refractivity contribution is -0.383. The molecule has 2 aliphatic heterocycles. The lowest BCUT2D eigenvalue weighted by Crippen LogP contribution is -2.42. The summed E-state index contributed by atoms with van der Waals surface area (Å²) >= 11 is 0.891. The molecule has 0 atom stereocenters. The molecule has 1 spiro atoms. The number of hydrogen-bond donors (Lipinski definition) is 0. The number of hydrogen-bond acceptors (Lipinski definition) is 8. The molecule has 37 heavy (non-hydrogen) atoms. The number of benzene rings is 2. The third kappa shape index (κ3) is 5.01. The Kier molecular flexibility index (Phi) is 6.37. The van der Waals surface area contributed by atoms with Crippen molar-refractivity contribution in [3.63, 3.8) is 0 Å². The molecule has 0 amide bonds. The molecule has 2 aliphatic rings. The van der Waals surface area contributed by atoms with Gasteiger partial charge in [-0.2, -0.15) is 23.4 Å². The first-order valence-corrected chi connectivity index (χ1v) is 12.6. The van der Waals surface area contributed by atoms with Crippen LogP contribution in [0.3, 0.4) is 0 Å². The minimum atomic E-state index is -4.81. The molecule has 0 radical (unpaired) electrons. The molecule has 2 fully saturated rings. The number of likely N-dealkylation sites (tertiary alicyclic amines) is 1. The topological polar surface area (TPSA) is 103 Å². The summed E-state index contributed by atoms with van der Waals surface area (Å²) in [5.74, 6) is 0. The monoisotopic (exact) mass is 529 g/mol. The number of fused-ring (bicyclic) bond motifs is 1. The number of aromatic nitrogens is 1. The SMILES string of the molecule is N#Cc1ccc(CN2CCC3(CCN(c4nc(=O)c5cc(C(F)(F)F)cc([N+](=O)[O-])c5s4)CC3)C2)cc1. The molecule has 0 N–H and O–H groups in total. The molecule has 12 heteroatoms. The number of anilines is 1. The third-order valence-electron chi connectivity index (χ3n) is 7.32. The average molecular weight is 530 g/mol. The Morgan fingerprint density at radius 2 is 1.81 bits per heavy atom. The van der Waals surface area contributed by atoms with Crippen LogP contribution in [0.1, 0.15) is 36.0 Å². The maximum absolute atomic E-state index is 13.2. The highest BCUT2D eigenvalue weighted by Gasteiger charge is 2.41. The summed E-state index contributed by atoms with van der Waals surface area (Å²) in [4.78, 5) is 31.6. The molecule has 0 unspecified atom stereocenters. The maximum Gasteiger partial charge on any atom is 0.416 e. The van der Waals surface area contributed by atoms with E-state index in [2.05, 4.69) is 16.0 Å². The lowest BCUT2D eigenvalue weighted by atomic mass is 9.78.